The molecule has 4 fully saturated rings. The Bertz CT molecular complexity index is 1470. The van der Waals surface area contributed by atoms with Crippen molar-refractivity contribution >= 4 is 41.1 Å². The maximum Gasteiger partial charge on any atom is 0.338 e. The molecule has 8 atom stereocenters. The van der Waals surface area contributed by atoms with Crippen molar-refractivity contribution in [1.29, 1.82) is 0 Å². The lowest BCUT2D eigenvalue weighted by Crippen LogP contribution is -2.66. The maximum absolute atomic E-state index is 13.6. The van der Waals surface area contributed by atoms with Crippen LogP contribution >= 0.6 is 23.2 Å². The molecule has 0 heterocycles. The molecule has 2 aromatic rings. The van der Waals surface area contributed by atoms with Crippen molar-refractivity contribution < 1.29 is 28.6 Å². The number of fused-ring (bicyclic) bond motifs is 3. The Labute approximate surface area is 269 Å². The van der Waals surface area contributed by atoms with E-state index in [1.165, 1.54) is 12.5 Å². The first-order valence-electron chi connectivity index (χ1n) is 15.6. The number of carbonyl (C=O) groups excluding carboxylic acids is 3. The van der Waals surface area contributed by atoms with E-state index in [0.717, 1.165) is 32.1 Å². The fourth-order valence-electron chi connectivity index (χ4n) is 9.63. The van der Waals surface area contributed by atoms with Gasteiger partial charge in [-0.25, -0.2) is 9.59 Å². The van der Waals surface area contributed by atoms with Crippen LogP contribution in [0.5, 0.6) is 0 Å². The first-order valence-corrected chi connectivity index (χ1v) is 16.4. The summed E-state index contributed by atoms with van der Waals surface area (Å²) >= 11 is 12.2. The van der Waals surface area contributed by atoms with Gasteiger partial charge in [0.1, 0.15) is 18.8 Å². The second-order valence-electron chi connectivity index (χ2n) is 14.0. The van der Waals surface area contributed by atoms with Crippen LogP contribution in [0.25, 0.3) is 0 Å². The Morgan fingerprint density at radius 1 is 0.841 bits per heavy atom. The Morgan fingerprint density at radius 2 is 1.41 bits per heavy atom. The number of benzene rings is 2. The van der Waals surface area contributed by atoms with E-state index in [2.05, 4.69) is 20.4 Å². The highest BCUT2D eigenvalue weighted by Crippen LogP contribution is 2.73. The van der Waals surface area contributed by atoms with E-state index >= 15 is 0 Å². The summed E-state index contributed by atoms with van der Waals surface area (Å²) in [6.45, 7) is 10.4. The minimum atomic E-state index is -0.709. The molecule has 0 amide bonds. The average Bonchev–Trinajstić information content (AvgIpc) is 3.23. The van der Waals surface area contributed by atoms with Crippen LogP contribution in [0.2, 0.25) is 10.0 Å². The van der Waals surface area contributed by atoms with Gasteiger partial charge in [0.2, 0.25) is 0 Å². The third kappa shape index (κ3) is 5.26. The van der Waals surface area contributed by atoms with Crippen molar-refractivity contribution in [2.24, 2.45) is 34.0 Å². The van der Waals surface area contributed by atoms with Gasteiger partial charge in [-0.3, -0.25) is 4.79 Å². The topological polar surface area (TPSA) is 78.9 Å². The molecule has 2 bridgehead atoms. The Balaban J connectivity index is 1.37. The van der Waals surface area contributed by atoms with E-state index in [0.29, 0.717) is 39.9 Å². The zero-order valence-electron chi connectivity index (χ0n) is 25.6. The Morgan fingerprint density at radius 3 is 1.98 bits per heavy atom. The maximum atomic E-state index is 13.6. The lowest BCUT2D eigenvalue weighted by Gasteiger charge is -2.66. The van der Waals surface area contributed by atoms with Crippen LogP contribution in [0, 0.1) is 34.0 Å². The third-order valence-corrected chi connectivity index (χ3v) is 12.2. The number of hydrogen-bond donors (Lipinski definition) is 0. The second kappa shape index (κ2) is 11.5. The standard InChI is InChI=1S/C36H40Cl2O6/c1-21-18-36-19-25(21)9-14-28(36)34(3)16-15-30(43-32(40)23-5-10-26(37)11-6-23)35(4,20-42-22(2)39)29(34)17-31(36)44-33(41)24-7-12-27(38)13-8-24/h5-8,10-13,25,28-31H,1,9,14-20H2,2-4H3/t25-,28+,29?,30-,31+,34+,35-,36+/m1/s1. The van der Waals surface area contributed by atoms with Crippen LogP contribution in [0.1, 0.15) is 86.4 Å². The van der Waals surface area contributed by atoms with Crippen molar-refractivity contribution in [3.8, 4) is 0 Å². The summed E-state index contributed by atoms with van der Waals surface area (Å²) in [6.07, 6.45) is 5.12. The normalized spacial score (nSPS) is 35.7. The molecule has 6 rings (SSSR count). The van der Waals surface area contributed by atoms with E-state index in [9.17, 15) is 14.4 Å². The average molecular weight is 640 g/mol. The smallest absolute Gasteiger partial charge is 0.338 e. The van der Waals surface area contributed by atoms with Gasteiger partial charge in [-0.2, -0.15) is 0 Å². The summed E-state index contributed by atoms with van der Waals surface area (Å²) < 4.78 is 18.5. The number of carbonyl (C=O) groups is 3. The molecule has 1 spiro atoms. The van der Waals surface area contributed by atoms with Crippen LogP contribution in [-0.4, -0.2) is 36.7 Å². The lowest BCUT2D eigenvalue weighted by atomic mass is 9.40. The van der Waals surface area contributed by atoms with Gasteiger partial charge < -0.3 is 14.2 Å². The SMILES string of the molecule is C=C1C[C@]23C[C@H]1CC[C@H]2[C@]1(C)CC[C@@H](OC(=O)c2ccc(Cl)cc2)[C@](C)(COC(C)=O)C1C[C@@H]3OC(=O)c1ccc(Cl)cc1. The molecule has 4 aliphatic rings. The van der Waals surface area contributed by atoms with Crippen molar-refractivity contribution in [2.45, 2.75) is 77.9 Å². The van der Waals surface area contributed by atoms with Crippen molar-refractivity contribution in [2.75, 3.05) is 6.61 Å². The van der Waals surface area contributed by atoms with Crippen molar-refractivity contribution in [3.63, 3.8) is 0 Å². The van der Waals surface area contributed by atoms with E-state index < -0.39 is 17.5 Å². The molecule has 0 aromatic heterocycles. The molecular formula is C36H40Cl2O6. The van der Waals surface area contributed by atoms with E-state index in [1.54, 1.807) is 48.5 Å². The molecule has 0 saturated heterocycles. The molecule has 4 aliphatic carbocycles. The fraction of sp³-hybridized carbons (Fsp3) is 0.528. The fourth-order valence-corrected chi connectivity index (χ4v) is 9.88. The van der Waals surface area contributed by atoms with Gasteiger partial charge in [0.25, 0.3) is 0 Å². The van der Waals surface area contributed by atoms with Gasteiger partial charge in [0.05, 0.1) is 11.1 Å². The zero-order chi connectivity index (χ0) is 31.4. The number of esters is 3. The van der Waals surface area contributed by atoms with Crippen LogP contribution in [0.15, 0.2) is 60.7 Å². The summed E-state index contributed by atoms with van der Waals surface area (Å²) in [4.78, 5) is 39.2. The highest BCUT2D eigenvalue weighted by molar-refractivity contribution is 6.31. The van der Waals surface area contributed by atoms with Crippen LogP contribution < -0.4 is 0 Å². The summed E-state index contributed by atoms with van der Waals surface area (Å²) in [5.74, 6) is -0.521. The number of ether oxygens (including phenoxy) is 3. The van der Waals surface area contributed by atoms with E-state index in [-0.39, 0.29) is 47.3 Å². The third-order valence-electron chi connectivity index (χ3n) is 11.7. The quantitative estimate of drug-likeness (QED) is 0.179. The number of rotatable bonds is 6. The van der Waals surface area contributed by atoms with Gasteiger partial charge in [-0.05, 0) is 117 Å². The molecule has 0 radical (unpaired) electrons. The molecule has 0 aliphatic heterocycles. The molecule has 2 aromatic carbocycles. The Hall–Kier alpha value is -2.83. The molecule has 6 nitrogen and oxygen atoms in total. The monoisotopic (exact) mass is 638 g/mol. The van der Waals surface area contributed by atoms with Gasteiger partial charge in [0.15, 0.2) is 0 Å². The van der Waals surface area contributed by atoms with Crippen LogP contribution in [-0.2, 0) is 19.0 Å². The lowest BCUT2D eigenvalue weighted by molar-refractivity contribution is -0.232. The summed E-state index contributed by atoms with van der Waals surface area (Å²) in [5, 5.41) is 1.09. The molecular weight excluding hydrogens is 599 g/mol. The minimum absolute atomic E-state index is 0.0461. The number of allylic oxidation sites excluding steroid dienone is 1. The van der Waals surface area contributed by atoms with E-state index in [1.807, 2.05) is 0 Å². The molecule has 1 unspecified atom stereocenters. The largest absolute Gasteiger partial charge is 0.465 e. The molecule has 4 saturated carbocycles. The van der Waals surface area contributed by atoms with Gasteiger partial charge >= 0.3 is 17.9 Å². The number of halogens is 2. The molecule has 0 N–H and O–H groups in total. The van der Waals surface area contributed by atoms with Gasteiger partial charge in [-0.15, -0.1) is 0 Å². The summed E-state index contributed by atoms with van der Waals surface area (Å²) in [7, 11) is 0. The highest BCUT2D eigenvalue weighted by Gasteiger charge is 2.70. The van der Waals surface area contributed by atoms with Crippen LogP contribution in [0.4, 0.5) is 0 Å². The van der Waals surface area contributed by atoms with Gasteiger partial charge in [0, 0.05) is 27.8 Å². The second-order valence-corrected chi connectivity index (χ2v) is 14.9. The van der Waals surface area contributed by atoms with E-state index in [4.69, 9.17) is 37.4 Å². The molecule has 234 valence electrons. The van der Waals surface area contributed by atoms with Crippen LogP contribution in [0.3, 0.4) is 0 Å². The number of hydrogen-bond acceptors (Lipinski definition) is 6. The predicted molar refractivity (Wildman–Crippen MR) is 169 cm³/mol. The zero-order valence-corrected chi connectivity index (χ0v) is 27.1. The van der Waals surface area contributed by atoms with Gasteiger partial charge in [-0.1, -0.05) is 49.2 Å². The highest BCUT2D eigenvalue weighted by atomic mass is 35.5. The molecule has 44 heavy (non-hydrogen) atoms. The predicted octanol–water partition coefficient (Wildman–Crippen LogP) is 8.50. The summed E-state index contributed by atoms with van der Waals surface area (Å²) in [6, 6.07) is 13.4. The van der Waals surface area contributed by atoms with Crippen molar-refractivity contribution in [3.05, 3.63) is 81.9 Å². The molecule has 8 heteroatoms. The first kappa shape index (κ1) is 31.2. The first-order chi connectivity index (χ1) is 20.9. The minimum Gasteiger partial charge on any atom is -0.465 e. The van der Waals surface area contributed by atoms with Crippen molar-refractivity contribution in [1.82, 2.24) is 0 Å². The summed E-state index contributed by atoms with van der Waals surface area (Å²) in [5.41, 5.74) is 1.08. The Kier molecular flexibility index (Phi) is 8.15.